The molecular formula is C18H28N4O. The minimum Gasteiger partial charge on any atom is -0.357 e. The summed E-state index contributed by atoms with van der Waals surface area (Å²) in [7, 11) is 0. The largest absolute Gasteiger partial charge is 0.357 e. The minimum absolute atomic E-state index is 0.0915. The van der Waals surface area contributed by atoms with Crippen molar-refractivity contribution in [3.8, 4) is 0 Å². The van der Waals surface area contributed by atoms with E-state index in [0.29, 0.717) is 12.6 Å². The van der Waals surface area contributed by atoms with E-state index in [9.17, 15) is 4.79 Å². The van der Waals surface area contributed by atoms with Crippen LogP contribution in [0.3, 0.4) is 0 Å². The Morgan fingerprint density at radius 2 is 1.83 bits per heavy atom. The average molecular weight is 316 g/mol. The van der Waals surface area contributed by atoms with Crippen LogP contribution in [0.2, 0.25) is 0 Å². The van der Waals surface area contributed by atoms with E-state index in [0.717, 1.165) is 36.7 Å². The Labute approximate surface area is 139 Å². The smallest absolute Gasteiger partial charge is 0.253 e. The van der Waals surface area contributed by atoms with Gasteiger partial charge in [0.15, 0.2) is 5.96 Å². The predicted octanol–water partition coefficient (Wildman–Crippen LogP) is 2.39. The van der Waals surface area contributed by atoms with Crippen LogP contribution in [0.15, 0.2) is 29.3 Å². The number of rotatable bonds is 7. The first-order chi connectivity index (χ1) is 11.2. The number of amides is 1. The van der Waals surface area contributed by atoms with Gasteiger partial charge in [-0.2, -0.15) is 0 Å². The highest BCUT2D eigenvalue weighted by molar-refractivity contribution is 5.94. The van der Waals surface area contributed by atoms with E-state index in [1.54, 1.807) is 0 Å². The highest BCUT2D eigenvalue weighted by atomic mass is 16.2. The molecule has 126 valence electrons. The third-order valence-corrected chi connectivity index (χ3v) is 3.93. The fourth-order valence-corrected chi connectivity index (χ4v) is 2.36. The molecule has 0 heterocycles. The molecule has 1 aromatic carbocycles. The van der Waals surface area contributed by atoms with E-state index in [-0.39, 0.29) is 5.91 Å². The molecular weight excluding hydrogens is 288 g/mol. The molecule has 1 amide bonds. The summed E-state index contributed by atoms with van der Waals surface area (Å²) in [4.78, 5) is 18.7. The van der Waals surface area contributed by atoms with E-state index >= 15 is 0 Å². The van der Waals surface area contributed by atoms with Gasteiger partial charge < -0.3 is 15.5 Å². The highest BCUT2D eigenvalue weighted by Crippen LogP contribution is 2.18. The van der Waals surface area contributed by atoms with Crippen LogP contribution in [-0.2, 0) is 6.54 Å². The van der Waals surface area contributed by atoms with Crippen LogP contribution in [0.5, 0.6) is 0 Å². The van der Waals surface area contributed by atoms with E-state index in [1.165, 1.54) is 12.8 Å². The molecule has 1 aromatic rings. The number of carbonyl (C=O) groups excluding carboxylic acids is 1. The molecule has 0 unspecified atom stereocenters. The van der Waals surface area contributed by atoms with Gasteiger partial charge in [0.25, 0.3) is 5.91 Å². The molecule has 2 N–H and O–H groups in total. The van der Waals surface area contributed by atoms with Crippen molar-refractivity contribution in [2.75, 3.05) is 19.6 Å². The normalized spacial score (nSPS) is 14.5. The lowest BCUT2D eigenvalue weighted by molar-refractivity contribution is 0.0773. The van der Waals surface area contributed by atoms with Gasteiger partial charge in [0.1, 0.15) is 0 Å². The number of aliphatic imine (C=N–C) groups is 1. The first-order valence-electron chi connectivity index (χ1n) is 8.60. The quantitative estimate of drug-likeness (QED) is 0.600. The fourth-order valence-electron chi connectivity index (χ4n) is 2.36. The third-order valence-electron chi connectivity index (χ3n) is 3.93. The molecule has 0 spiro atoms. The SMILES string of the molecule is CCNC(=NCc1ccc(C(=O)N(CC)CC)cc1)NC1CC1. The summed E-state index contributed by atoms with van der Waals surface area (Å²) in [5.41, 5.74) is 1.85. The van der Waals surface area contributed by atoms with E-state index in [2.05, 4.69) is 22.5 Å². The topological polar surface area (TPSA) is 56.7 Å². The van der Waals surface area contributed by atoms with E-state index in [1.807, 2.05) is 43.0 Å². The lowest BCUT2D eigenvalue weighted by Crippen LogP contribution is -2.38. The van der Waals surface area contributed by atoms with Gasteiger partial charge >= 0.3 is 0 Å². The van der Waals surface area contributed by atoms with Crippen LogP contribution in [0.4, 0.5) is 0 Å². The summed E-state index contributed by atoms with van der Waals surface area (Å²) in [6.45, 7) is 9.01. The van der Waals surface area contributed by atoms with Crippen LogP contribution < -0.4 is 10.6 Å². The standard InChI is InChI=1S/C18H28N4O/c1-4-19-18(21-16-11-12-16)20-13-14-7-9-15(10-8-14)17(23)22(5-2)6-3/h7-10,16H,4-6,11-13H2,1-3H3,(H2,19,20,21). The second-order valence-corrected chi connectivity index (χ2v) is 5.79. The van der Waals surface area contributed by atoms with E-state index in [4.69, 9.17) is 0 Å². The van der Waals surface area contributed by atoms with Crippen LogP contribution >= 0.6 is 0 Å². The van der Waals surface area contributed by atoms with Crippen LogP contribution in [-0.4, -0.2) is 42.4 Å². The van der Waals surface area contributed by atoms with Gasteiger partial charge in [-0.15, -0.1) is 0 Å². The Morgan fingerprint density at radius 1 is 1.17 bits per heavy atom. The molecule has 1 aliphatic carbocycles. The Kier molecular flexibility index (Phi) is 6.44. The zero-order valence-corrected chi connectivity index (χ0v) is 14.4. The number of benzene rings is 1. The molecule has 0 aliphatic heterocycles. The van der Waals surface area contributed by atoms with Crippen molar-refractivity contribution >= 4 is 11.9 Å². The van der Waals surface area contributed by atoms with Crippen LogP contribution in [0.25, 0.3) is 0 Å². The minimum atomic E-state index is 0.0915. The van der Waals surface area contributed by atoms with Crippen molar-refractivity contribution < 1.29 is 4.79 Å². The predicted molar refractivity (Wildman–Crippen MR) is 94.7 cm³/mol. The maximum absolute atomic E-state index is 12.3. The summed E-state index contributed by atoms with van der Waals surface area (Å²) >= 11 is 0. The van der Waals surface area contributed by atoms with Gasteiger partial charge in [0, 0.05) is 31.2 Å². The fraction of sp³-hybridized carbons (Fsp3) is 0.556. The number of hydrogen-bond donors (Lipinski definition) is 2. The second kappa shape index (κ2) is 8.56. The molecule has 5 nitrogen and oxygen atoms in total. The van der Waals surface area contributed by atoms with Crippen molar-refractivity contribution in [2.24, 2.45) is 4.99 Å². The summed E-state index contributed by atoms with van der Waals surface area (Å²) < 4.78 is 0. The van der Waals surface area contributed by atoms with Gasteiger partial charge in [0.2, 0.25) is 0 Å². The first kappa shape index (κ1) is 17.3. The van der Waals surface area contributed by atoms with Gasteiger partial charge in [-0.3, -0.25) is 4.79 Å². The number of nitrogens with one attached hydrogen (secondary N) is 2. The summed E-state index contributed by atoms with van der Waals surface area (Å²) in [5.74, 6) is 0.965. The van der Waals surface area contributed by atoms with E-state index < -0.39 is 0 Å². The molecule has 23 heavy (non-hydrogen) atoms. The zero-order valence-electron chi connectivity index (χ0n) is 14.4. The van der Waals surface area contributed by atoms with Crippen molar-refractivity contribution in [1.82, 2.24) is 15.5 Å². The molecule has 2 rings (SSSR count). The molecule has 1 aliphatic rings. The monoisotopic (exact) mass is 316 g/mol. The number of guanidine groups is 1. The molecule has 0 atom stereocenters. The molecule has 0 radical (unpaired) electrons. The van der Waals surface area contributed by atoms with Crippen molar-refractivity contribution in [3.63, 3.8) is 0 Å². The number of nitrogens with zero attached hydrogens (tertiary/aromatic N) is 2. The lowest BCUT2D eigenvalue weighted by atomic mass is 10.1. The summed E-state index contributed by atoms with van der Waals surface area (Å²) in [6.07, 6.45) is 2.46. The first-order valence-corrected chi connectivity index (χ1v) is 8.60. The second-order valence-electron chi connectivity index (χ2n) is 5.79. The molecule has 5 heteroatoms. The van der Waals surface area contributed by atoms with Gasteiger partial charge in [0.05, 0.1) is 6.54 Å². The summed E-state index contributed by atoms with van der Waals surface area (Å²) in [6, 6.07) is 8.35. The Hall–Kier alpha value is -2.04. The lowest BCUT2D eigenvalue weighted by Gasteiger charge is -2.18. The van der Waals surface area contributed by atoms with Crippen molar-refractivity contribution in [2.45, 2.75) is 46.2 Å². The number of carbonyl (C=O) groups is 1. The maximum Gasteiger partial charge on any atom is 0.253 e. The molecule has 1 fully saturated rings. The number of hydrogen-bond acceptors (Lipinski definition) is 2. The third kappa shape index (κ3) is 5.27. The molecule has 0 aromatic heterocycles. The van der Waals surface area contributed by atoms with Gasteiger partial charge in [-0.05, 0) is 51.3 Å². The maximum atomic E-state index is 12.3. The van der Waals surface area contributed by atoms with Crippen molar-refractivity contribution in [3.05, 3.63) is 35.4 Å². The molecule has 0 bridgehead atoms. The Balaban J connectivity index is 1.96. The zero-order chi connectivity index (χ0) is 16.7. The molecule has 0 saturated heterocycles. The average Bonchev–Trinajstić information content (AvgIpc) is 3.38. The summed E-state index contributed by atoms with van der Waals surface area (Å²) in [5, 5.41) is 6.66. The Morgan fingerprint density at radius 3 is 2.35 bits per heavy atom. The van der Waals surface area contributed by atoms with Crippen molar-refractivity contribution in [1.29, 1.82) is 0 Å². The van der Waals surface area contributed by atoms with Gasteiger partial charge in [-0.25, -0.2) is 4.99 Å². The molecule has 1 saturated carbocycles. The van der Waals surface area contributed by atoms with Crippen LogP contribution in [0, 0.1) is 0 Å². The highest BCUT2D eigenvalue weighted by Gasteiger charge is 2.22. The van der Waals surface area contributed by atoms with Crippen LogP contribution in [0.1, 0.15) is 49.5 Å². The Bertz CT molecular complexity index is 530. The van der Waals surface area contributed by atoms with Gasteiger partial charge in [-0.1, -0.05) is 12.1 Å².